The molecule has 2 N–H and O–H groups in total. The number of hydrogen-bond donors (Lipinski definition) is 2. The van der Waals surface area contributed by atoms with Crippen molar-refractivity contribution in [3.8, 4) is 0 Å². The number of aromatic nitrogens is 2. The Morgan fingerprint density at radius 1 is 1.55 bits per heavy atom. The summed E-state index contributed by atoms with van der Waals surface area (Å²) in [6, 6.07) is 1.24. The van der Waals surface area contributed by atoms with Gasteiger partial charge in [0.2, 0.25) is 0 Å². The topological polar surface area (TPSA) is 96.8 Å². The van der Waals surface area contributed by atoms with Gasteiger partial charge in [-0.1, -0.05) is 0 Å². The van der Waals surface area contributed by atoms with Crippen LogP contribution in [0, 0.1) is 0 Å². The van der Waals surface area contributed by atoms with Gasteiger partial charge in [0.25, 0.3) is 5.56 Å². The lowest BCUT2D eigenvalue weighted by Gasteiger charge is -2.33. The molecule has 0 radical (unpaired) electrons. The third-order valence-corrected chi connectivity index (χ3v) is 3.72. The molecule has 2 fully saturated rings. The van der Waals surface area contributed by atoms with Gasteiger partial charge in [0.05, 0.1) is 6.61 Å². The van der Waals surface area contributed by atoms with Crippen LogP contribution in [0.3, 0.4) is 0 Å². The van der Waals surface area contributed by atoms with E-state index in [1.165, 1.54) is 16.8 Å². The van der Waals surface area contributed by atoms with Gasteiger partial charge in [0.15, 0.2) is 6.23 Å². The molecule has 1 aromatic rings. The zero-order valence-corrected chi connectivity index (χ0v) is 11.3. The predicted octanol–water partition coefficient (Wildman–Crippen LogP) is -1.87. The van der Waals surface area contributed by atoms with Gasteiger partial charge in [-0.05, 0) is 14.1 Å². The number of aromatic amines is 1. The van der Waals surface area contributed by atoms with Crippen LogP contribution in [-0.2, 0) is 9.47 Å². The van der Waals surface area contributed by atoms with Gasteiger partial charge in [0.1, 0.15) is 17.8 Å². The zero-order valence-electron chi connectivity index (χ0n) is 11.3. The quantitative estimate of drug-likeness (QED) is 0.674. The number of nitrogens with one attached hydrogen (secondary N) is 1. The average Bonchev–Trinajstić information content (AvgIpc) is 2.78. The number of hydrogen-bond acceptors (Lipinski definition) is 6. The Bertz CT molecular complexity index is 624. The molecule has 20 heavy (non-hydrogen) atoms. The maximum atomic E-state index is 11.8. The monoisotopic (exact) mass is 283 g/mol. The Balaban J connectivity index is 1.95. The van der Waals surface area contributed by atoms with Crippen molar-refractivity contribution >= 4 is 0 Å². The summed E-state index contributed by atoms with van der Waals surface area (Å²) in [5, 5.41) is 10.3. The van der Waals surface area contributed by atoms with Crippen molar-refractivity contribution in [2.45, 2.75) is 24.0 Å². The van der Waals surface area contributed by atoms with Crippen LogP contribution >= 0.6 is 0 Å². The summed E-state index contributed by atoms with van der Waals surface area (Å²) in [7, 11) is 3.75. The first-order chi connectivity index (χ1) is 9.43. The second-order valence-electron chi connectivity index (χ2n) is 5.55. The first-order valence-electron chi connectivity index (χ1n) is 6.37. The SMILES string of the molecule is CN(C)C[C@]12COC(C1O)[C@H](n1ccc(=O)[nH]c1=O)O2. The van der Waals surface area contributed by atoms with E-state index in [4.69, 9.17) is 9.47 Å². The van der Waals surface area contributed by atoms with Crippen molar-refractivity contribution in [1.29, 1.82) is 0 Å². The molecule has 4 atom stereocenters. The molecular weight excluding hydrogens is 266 g/mol. The van der Waals surface area contributed by atoms with Crippen molar-refractivity contribution in [2.24, 2.45) is 0 Å². The molecule has 2 aliphatic heterocycles. The largest absolute Gasteiger partial charge is 0.387 e. The number of rotatable bonds is 3. The lowest BCUT2D eigenvalue weighted by atomic mass is 9.99. The van der Waals surface area contributed by atoms with Crippen molar-refractivity contribution < 1.29 is 14.6 Å². The molecule has 2 aliphatic rings. The van der Waals surface area contributed by atoms with E-state index in [2.05, 4.69) is 4.98 Å². The van der Waals surface area contributed by atoms with Gasteiger partial charge >= 0.3 is 5.69 Å². The van der Waals surface area contributed by atoms with E-state index in [1.54, 1.807) is 0 Å². The maximum absolute atomic E-state index is 11.8. The van der Waals surface area contributed by atoms with Crippen LogP contribution in [0.2, 0.25) is 0 Å². The second-order valence-corrected chi connectivity index (χ2v) is 5.55. The van der Waals surface area contributed by atoms with E-state index in [0.717, 1.165) is 0 Å². The Morgan fingerprint density at radius 3 is 2.95 bits per heavy atom. The summed E-state index contributed by atoms with van der Waals surface area (Å²) in [6.45, 7) is 0.769. The van der Waals surface area contributed by atoms with Gasteiger partial charge in [-0.15, -0.1) is 0 Å². The summed E-state index contributed by atoms with van der Waals surface area (Å²) in [4.78, 5) is 27.0. The molecule has 2 saturated heterocycles. The fourth-order valence-corrected chi connectivity index (χ4v) is 2.92. The summed E-state index contributed by atoms with van der Waals surface area (Å²) < 4.78 is 12.7. The highest BCUT2D eigenvalue weighted by Gasteiger charge is 2.61. The fourth-order valence-electron chi connectivity index (χ4n) is 2.92. The van der Waals surface area contributed by atoms with Gasteiger partial charge in [0, 0.05) is 18.8 Å². The van der Waals surface area contributed by atoms with Crippen molar-refractivity contribution in [1.82, 2.24) is 14.5 Å². The third-order valence-electron chi connectivity index (χ3n) is 3.72. The van der Waals surface area contributed by atoms with Crippen molar-refractivity contribution in [3.05, 3.63) is 33.1 Å². The van der Waals surface area contributed by atoms with Crippen molar-refractivity contribution in [2.75, 3.05) is 27.2 Å². The van der Waals surface area contributed by atoms with E-state index < -0.39 is 35.3 Å². The minimum absolute atomic E-state index is 0.283. The van der Waals surface area contributed by atoms with E-state index in [0.29, 0.717) is 6.54 Å². The lowest BCUT2D eigenvalue weighted by Crippen LogP contribution is -2.49. The number of ether oxygens (including phenoxy) is 2. The van der Waals surface area contributed by atoms with Crippen LogP contribution in [0.25, 0.3) is 0 Å². The number of likely N-dealkylation sites (N-methyl/N-ethyl adjacent to an activating group) is 1. The molecule has 8 nitrogen and oxygen atoms in total. The smallest absolute Gasteiger partial charge is 0.330 e. The highest BCUT2D eigenvalue weighted by Crippen LogP contribution is 2.44. The summed E-state index contributed by atoms with van der Waals surface area (Å²) in [5.41, 5.74) is -1.89. The molecule has 0 aliphatic carbocycles. The first-order valence-corrected chi connectivity index (χ1v) is 6.37. The van der Waals surface area contributed by atoms with Crippen LogP contribution in [-0.4, -0.2) is 64.6 Å². The second kappa shape index (κ2) is 4.52. The molecule has 0 amide bonds. The Morgan fingerprint density at radius 2 is 2.30 bits per heavy atom. The molecule has 1 aromatic heterocycles. The number of aliphatic hydroxyl groups is 1. The lowest BCUT2D eigenvalue weighted by molar-refractivity contribution is -0.179. The van der Waals surface area contributed by atoms with Crippen LogP contribution < -0.4 is 11.2 Å². The molecular formula is C12H17N3O5. The van der Waals surface area contributed by atoms with E-state index in [1.807, 2.05) is 19.0 Å². The standard InChI is InChI=1S/C12H17N3O5/c1-14(2)5-12-6-19-8(9(12)17)10(20-12)15-4-3-7(16)13-11(15)18/h3-4,8-10,17H,5-6H2,1-2H3,(H,13,16,18)/t8?,9?,10-,12+/m1/s1. The Labute approximate surface area is 114 Å². The molecule has 3 heterocycles. The van der Waals surface area contributed by atoms with E-state index in [9.17, 15) is 14.7 Å². The number of nitrogens with zero attached hydrogens (tertiary/aromatic N) is 2. The zero-order chi connectivity index (χ0) is 14.5. The fraction of sp³-hybridized carbons (Fsp3) is 0.667. The van der Waals surface area contributed by atoms with Crippen LogP contribution in [0.15, 0.2) is 21.9 Å². The van der Waals surface area contributed by atoms with Crippen LogP contribution in [0.1, 0.15) is 6.23 Å². The molecule has 2 bridgehead atoms. The highest BCUT2D eigenvalue weighted by molar-refractivity contribution is 5.08. The highest BCUT2D eigenvalue weighted by atomic mass is 16.6. The first kappa shape index (κ1) is 13.5. The number of fused-ring (bicyclic) bond motifs is 2. The van der Waals surface area contributed by atoms with Gasteiger partial charge in [-0.25, -0.2) is 4.79 Å². The molecule has 0 spiro atoms. The number of aliphatic hydroxyl groups excluding tert-OH is 1. The minimum atomic E-state index is -0.839. The predicted molar refractivity (Wildman–Crippen MR) is 68.5 cm³/mol. The van der Waals surface area contributed by atoms with Crippen molar-refractivity contribution in [3.63, 3.8) is 0 Å². The molecule has 3 rings (SSSR count). The molecule has 0 aromatic carbocycles. The Hall–Kier alpha value is -1.48. The minimum Gasteiger partial charge on any atom is -0.387 e. The van der Waals surface area contributed by atoms with E-state index >= 15 is 0 Å². The third kappa shape index (κ3) is 1.92. The summed E-state index contributed by atoms with van der Waals surface area (Å²) in [5.74, 6) is 0. The average molecular weight is 283 g/mol. The van der Waals surface area contributed by atoms with E-state index in [-0.39, 0.29) is 6.61 Å². The van der Waals surface area contributed by atoms with Crippen LogP contribution in [0.4, 0.5) is 0 Å². The molecule has 110 valence electrons. The van der Waals surface area contributed by atoms with Gasteiger partial charge in [-0.2, -0.15) is 0 Å². The van der Waals surface area contributed by atoms with Gasteiger partial charge in [-0.3, -0.25) is 14.3 Å². The molecule has 8 heteroatoms. The van der Waals surface area contributed by atoms with Gasteiger partial charge < -0.3 is 19.5 Å². The maximum Gasteiger partial charge on any atom is 0.330 e. The number of H-pyrrole nitrogens is 1. The Kier molecular flexibility index (Phi) is 3.05. The molecule has 0 saturated carbocycles. The normalized spacial score (nSPS) is 35.9. The van der Waals surface area contributed by atoms with Crippen LogP contribution in [0.5, 0.6) is 0 Å². The summed E-state index contributed by atoms with van der Waals surface area (Å²) in [6.07, 6.45) is -0.804. The molecule has 2 unspecified atom stereocenters. The summed E-state index contributed by atoms with van der Waals surface area (Å²) >= 11 is 0.